The molecular weight excluding hydrogens is 403 g/mol. The van der Waals surface area contributed by atoms with Gasteiger partial charge in [0, 0.05) is 37.3 Å². The highest BCUT2D eigenvalue weighted by molar-refractivity contribution is 5.62. The van der Waals surface area contributed by atoms with E-state index in [4.69, 9.17) is 15.1 Å². The van der Waals surface area contributed by atoms with E-state index in [1.165, 1.54) is 17.2 Å². The Morgan fingerprint density at radius 1 is 0.844 bits per heavy atom. The van der Waals surface area contributed by atoms with Crippen LogP contribution in [-0.2, 0) is 12.8 Å². The van der Waals surface area contributed by atoms with Gasteiger partial charge in [0.15, 0.2) is 5.82 Å². The Hall–Kier alpha value is -3.48. The van der Waals surface area contributed by atoms with Gasteiger partial charge in [0.1, 0.15) is 11.6 Å². The molecule has 0 radical (unpaired) electrons. The van der Waals surface area contributed by atoms with Crippen molar-refractivity contribution in [1.29, 1.82) is 0 Å². The van der Waals surface area contributed by atoms with E-state index >= 15 is 0 Å². The molecule has 0 atom stereocenters. The molecule has 1 fully saturated rings. The highest BCUT2D eigenvalue weighted by Gasteiger charge is 2.28. The van der Waals surface area contributed by atoms with E-state index in [1.807, 2.05) is 16.6 Å². The van der Waals surface area contributed by atoms with Crippen molar-refractivity contribution in [3.63, 3.8) is 0 Å². The third kappa shape index (κ3) is 3.20. The zero-order chi connectivity index (χ0) is 21.7. The minimum Gasteiger partial charge on any atom is -0.366 e. The van der Waals surface area contributed by atoms with Gasteiger partial charge in [-0.25, -0.2) is 9.37 Å². The lowest BCUT2D eigenvalue weighted by atomic mass is 10.1. The number of nitrogens with zero attached hydrogens (tertiary/aromatic N) is 6. The predicted octanol–water partition coefficient (Wildman–Crippen LogP) is 4.05. The molecule has 2 aromatic carbocycles. The van der Waals surface area contributed by atoms with Crippen LogP contribution in [0, 0.1) is 12.7 Å². The van der Waals surface area contributed by atoms with Crippen molar-refractivity contribution in [1.82, 2.24) is 19.6 Å². The van der Waals surface area contributed by atoms with Crippen LogP contribution in [0.4, 0.5) is 15.9 Å². The Kier molecular flexibility index (Phi) is 4.56. The quantitative estimate of drug-likeness (QED) is 0.493. The van der Waals surface area contributed by atoms with Crippen LogP contribution in [0.1, 0.15) is 23.2 Å². The van der Waals surface area contributed by atoms with Crippen molar-refractivity contribution in [3.8, 4) is 11.4 Å². The maximum atomic E-state index is 14.3. The summed E-state index contributed by atoms with van der Waals surface area (Å²) in [7, 11) is 0. The predicted molar refractivity (Wildman–Crippen MR) is 124 cm³/mol. The molecule has 1 aliphatic heterocycles. The van der Waals surface area contributed by atoms with E-state index in [9.17, 15) is 4.39 Å². The summed E-state index contributed by atoms with van der Waals surface area (Å²) in [6.45, 7) is 5.21. The summed E-state index contributed by atoms with van der Waals surface area (Å²) >= 11 is 0. The number of hydrogen-bond donors (Lipinski definition) is 0. The highest BCUT2D eigenvalue weighted by Crippen LogP contribution is 2.33. The van der Waals surface area contributed by atoms with Crippen LogP contribution in [0.15, 0.2) is 48.5 Å². The second-order valence-electron chi connectivity index (χ2n) is 8.65. The largest absolute Gasteiger partial charge is 0.366 e. The minimum absolute atomic E-state index is 0.160. The summed E-state index contributed by atoms with van der Waals surface area (Å²) < 4.78 is 16.2. The third-order valence-electron chi connectivity index (χ3n) is 6.57. The summed E-state index contributed by atoms with van der Waals surface area (Å²) in [5.41, 5.74) is 5.32. The van der Waals surface area contributed by atoms with E-state index in [2.05, 4.69) is 41.0 Å². The van der Waals surface area contributed by atoms with E-state index in [1.54, 1.807) is 6.07 Å². The number of aryl methyl sites for hydroxylation is 2. The zero-order valence-electron chi connectivity index (χ0n) is 18.1. The van der Waals surface area contributed by atoms with Crippen LogP contribution in [0.25, 0.3) is 17.2 Å². The summed E-state index contributed by atoms with van der Waals surface area (Å²) in [6.07, 6.45) is 3.12. The number of rotatable bonds is 3. The molecule has 2 aliphatic rings. The molecule has 7 heteroatoms. The number of halogens is 1. The fraction of sp³-hybridized carbons (Fsp3) is 0.320. The number of benzene rings is 2. The fourth-order valence-electron chi connectivity index (χ4n) is 4.88. The van der Waals surface area contributed by atoms with Crippen molar-refractivity contribution >= 4 is 17.3 Å². The molecule has 6 rings (SSSR count). The van der Waals surface area contributed by atoms with Gasteiger partial charge in [-0.2, -0.15) is 9.50 Å². The third-order valence-corrected chi connectivity index (χ3v) is 6.57. The van der Waals surface area contributed by atoms with Gasteiger partial charge in [0.2, 0.25) is 0 Å². The zero-order valence-corrected chi connectivity index (χ0v) is 18.1. The average molecular weight is 429 g/mol. The first-order valence-corrected chi connectivity index (χ1v) is 11.3. The molecule has 2 aromatic heterocycles. The molecule has 3 heterocycles. The second-order valence-corrected chi connectivity index (χ2v) is 8.65. The molecule has 6 nitrogen and oxygen atoms in total. The van der Waals surface area contributed by atoms with Crippen LogP contribution in [0.2, 0.25) is 0 Å². The average Bonchev–Trinajstić information content (AvgIpc) is 3.45. The molecule has 32 heavy (non-hydrogen) atoms. The van der Waals surface area contributed by atoms with E-state index < -0.39 is 0 Å². The summed E-state index contributed by atoms with van der Waals surface area (Å²) in [4.78, 5) is 14.1. The molecule has 0 N–H and O–H groups in total. The van der Waals surface area contributed by atoms with Crippen LogP contribution < -0.4 is 9.80 Å². The number of hydrogen-bond acceptors (Lipinski definition) is 5. The second kappa shape index (κ2) is 7.58. The summed E-state index contributed by atoms with van der Waals surface area (Å²) in [5.74, 6) is 2.31. The van der Waals surface area contributed by atoms with Crippen molar-refractivity contribution in [2.45, 2.75) is 26.2 Å². The maximum absolute atomic E-state index is 14.3. The van der Waals surface area contributed by atoms with E-state index in [0.717, 1.165) is 62.5 Å². The molecule has 0 unspecified atom stereocenters. The van der Waals surface area contributed by atoms with Crippen molar-refractivity contribution in [2.75, 3.05) is 36.0 Å². The summed E-state index contributed by atoms with van der Waals surface area (Å²) in [6, 6.07) is 15.3. The Morgan fingerprint density at radius 3 is 2.38 bits per heavy atom. The van der Waals surface area contributed by atoms with Gasteiger partial charge in [-0.05, 0) is 38.3 Å². The Labute approximate surface area is 186 Å². The molecule has 1 aliphatic carbocycles. The molecule has 4 aromatic rings. The van der Waals surface area contributed by atoms with Crippen LogP contribution >= 0.6 is 0 Å². The number of piperazine rings is 1. The first-order chi connectivity index (χ1) is 15.7. The topological polar surface area (TPSA) is 49.6 Å². The lowest BCUT2D eigenvalue weighted by Gasteiger charge is -2.38. The van der Waals surface area contributed by atoms with Gasteiger partial charge >= 0.3 is 0 Å². The van der Waals surface area contributed by atoms with Crippen molar-refractivity contribution < 1.29 is 4.39 Å². The van der Waals surface area contributed by atoms with Crippen LogP contribution in [-0.4, -0.2) is 45.8 Å². The first-order valence-electron chi connectivity index (χ1n) is 11.3. The van der Waals surface area contributed by atoms with Crippen molar-refractivity contribution in [3.05, 3.63) is 71.2 Å². The Bertz CT molecular complexity index is 1290. The lowest BCUT2D eigenvalue weighted by Crippen LogP contribution is -2.47. The summed E-state index contributed by atoms with van der Waals surface area (Å²) in [5, 5.41) is 4.88. The van der Waals surface area contributed by atoms with Gasteiger partial charge in [0.25, 0.3) is 5.78 Å². The molecule has 162 valence electrons. The van der Waals surface area contributed by atoms with Crippen LogP contribution in [0.5, 0.6) is 0 Å². The maximum Gasteiger partial charge on any atom is 0.254 e. The smallest absolute Gasteiger partial charge is 0.254 e. The molecule has 0 amide bonds. The molecular formula is C25H25FN6. The molecule has 0 spiro atoms. The van der Waals surface area contributed by atoms with Gasteiger partial charge in [-0.3, -0.25) is 0 Å². The van der Waals surface area contributed by atoms with Gasteiger partial charge in [-0.15, -0.1) is 5.10 Å². The van der Waals surface area contributed by atoms with Crippen LogP contribution in [0.3, 0.4) is 0 Å². The molecule has 1 saturated heterocycles. The van der Waals surface area contributed by atoms with E-state index in [-0.39, 0.29) is 5.82 Å². The minimum atomic E-state index is -0.160. The Morgan fingerprint density at radius 2 is 1.59 bits per heavy atom. The lowest BCUT2D eigenvalue weighted by molar-refractivity contribution is 0.593. The van der Waals surface area contributed by atoms with E-state index in [0.29, 0.717) is 17.3 Å². The van der Waals surface area contributed by atoms with Crippen molar-refractivity contribution in [2.24, 2.45) is 0 Å². The number of para-hydroxylation sites is 1. The van der Waals surface area contributed by atoms with Gasteiger partial charge in [0.05, 0.1) is 11.4 Å². The number of fused-ring (bicyclic) bond motifs is 2. The number of anilines is 2. The van der Waals surface area contributed by atoms with Gasteiger partial charge in [-0.1, -0.05) is 42.0 Å². The normalized spacial score (nSPS) is 16.1. The first kappa shape index (κ1) is 19.2. The molecule has 0 bridgehead atoms. The van der Waals surface area contributed by atoms with Gasteiger partial charge < -0.3 is 9.80 Å². The fourth-order valence-corrected chi connectivity index (χ4v) is 4.88. The number of aromatic nitrogens is 4. The standard InChI is InChI=1S/C25H25FN6/c1-17-9-11-18(12-10-17)23-28-25-27-21-7-4-5-19(21)24(32(25)29-23)31-15-13-30(14-16-31)22-8-3-2-6-20(22)26/h2-3,6,8-12H,4-5,7,13-16H2,1H3. The monoisotopic (exact) mass is 428 g/mol. The SMILES string of the molecule is Cc1ccc(-c2nc3nc4c(c(N5CCN(c6ccccc6F)CC5)n3n2)CCC4)cc1. The molecule has 0 saturated carbocycles. The highest BCUT2D eigenvalue weighted by atomic mass is 19.1. The Balaban J connectivity index is 1.37.